The van der Waals surface area contributed by atoms with Crippen LogP contribution in [0.2, 0.25) is 0 Å². The first kappa shape index (κ1) is 26.5. The molecule has 5 rings (SSSR count). The lowest BCUT2D eigenvalue weighted by Crippen LogP contribution is -2.50. The van der Waals surface area contributed by atoms with Crippen molar-refractivity contribution >= 4 is 15.9 Å². The summed E-state index contributed by atoms with van der Waals surface area (Å²) in [5.74, 6) is -0.875. The largest absolute Gasteiger partial charge is 0.487 e. The van der Waals surface area contributed by atoms with E-state index < -0.39 is 26.5 Å². The Bertz CT molecular complexity index is 1310. The molecule has 0 N–H and O–H groups in total. The van der Waals surface area contributed by atoms with Crippen LogP contribution in [0.5, 0.6) is 23.3 Å². The Morgan fingerprint density at radius 2 is 1.71 bits per heavy atom. The van der Waals surface area contributed by atoms with Crippen molar-refractivity contribution in [1.29, 1.82) is 0 Å². The van der Waals surface area contributed by atoms with Crippen molar-refractivity contribution < 1.29 is 36.6 Å². The fraction of sp³-hybridized carbons (Fsp3) is 0.577. The van der Waals surface area contributed by atoms with Gasteiger partial charge in [0.1, 0.15) is 18.0 Å². The maximum absolute atomic E-state index is 14.8. The quantitative estimate of drug-likeness (QED) is 0.486. The Labute approximate surface area is 221 Å². The van der Waals surface area contributed by atoms with Gasteiger partial charge in [0.05, 0.1) is 17.3 Å². The fourth-order valence-corrected chi connectivity index (χ4v) is 6.75. The van der Waals surface area contributed by atoms with Gasteiger partial charge in [-0.05, 0) is 64.7 Å². The predicted molar refractivity (Wildman–Crippen MR) is 134 cm³/mol. The molecule has 1 aromatic carbocycles. The Balaban J connectivity index is 1.30. The third kappa shape index (κ3) is 5.36. The number of nitrogens with zero attached hydrogens (tertiary/aromatic N) is 3. The van der Waals surface area contributed by atoms with E-state index in [0.717, 1.165) is 18.9 Å². The highest BCUT2D eigenvalue weighted by atomic mass is 32.2. The van der Waals surface area contributed by atoms with Gasteiger partial charge >= 0.3 is 6.09 Å². The summed E-state index contributed by atoms with van der Waals surface area (Å²) >= 11 is 0. The lowest BCUT2D eigenvalue weighted by atomic mass is 10.0. The van der Waals surface area contributed by atoms with E-state index in [9.17, 15) is 17.6 Å². The van der Waals surface area contributed by atoms with Gasteiger partial charge in [-0.25, -0.2) is 17.6 Å². The van der Waals surface area contributed by atoms with E-state index in [0.29, 0.717) is 25.7 Å². The summed E-state index contributed by atoms with van der Waals surface area (Å²) in [6.45, 7) is 5.54. The number of methoxy groups -OCH3 is 1. The number of rotatable bonds is 7. The molecule has 1 saturated carbocycles. The first-order chi connectivity index (χ1) is 18.0. The van der Waals surface area contributed by atoms with E-state index in [2.05, 4.69) is 9.97 Å². The molecule has 0 radical (unpaired) electrons. The number of hydrogen-bond acceptors (Lipinski definition) is 9. The number of fused-ring (bicyclic) bond motifs is 2. The number of ether oxygens (including phenoxy) is 4. The Morgan fingerprint density at radius 1 is 1.05 bits per heavy atom. The van der Waals surface area contributed by atoms with Gasteiger partial charge in [-0.15, -0.1) is 0 Å². The lowest BCUT2D eigenvalue weighted by molar-refractivity contribution is -0.00798. The number of sulfone groups is 1. The van der Waals surface area contributed by atoms with Crippen LogP contribution in [0, 0.1) is 5.82 Å². The molecule has 3 fully saturated rings. The van der Waals surface area contributed by atoms with E-state index in [1.165, 1.54) is 25.6 Å². The Morgan fingerprint density at radius 3 is 2.29 bits per heavy atom. The second-order valence-corrected chi connectivity index (χ2v) is 13.2. The van der Waals surface area contributed by atoms with Crippen molar-refractivity contribution in [2.24, 2.45) is 0 Å². The number of aromatic nitrogens is 2. The van der Waals surface area contributed by atoms with Crippen LogP contribution in [0.4, 0.5) is 9.18 Å². The fourth-order valence-electron chi connectivity index (χ4n) is 5.08. The number of carbonyl (C=O) groups excluding carboxylic acids is 1. The van der Waals surface area contributed by atoms with E-state index in [4.69, 9.17) is 18.9 Å². The average Bonchev–Trinajstić information content (AvgIpc) is 3.65. The Hall–Kier alpha value is -3.15. The minimum Gasteiger partial charge on any atom is -0.487 e. The van der Waals surface area contributed by atoms with Crippen molar-refractivity contribution in [2.45, 2.75) is 93.2 Å². The first-order valence-electron chi connectivity index (χ1n) is 12.7. The zero-order valence-corrected chi connectivity index (χ0v) is 22.7. The van der Waals surface area contributed by atoms with E-state index in [-0.39, 0.29) is 52.4 Å². The monoisotopic (exact) mass is 549 g/mol. The van der Waals surface area contributed by atoms with Crippen LogP contribution in [-0.4, -0.2) is 65.5 Å². The minimum absolute atomic E-state index is 0.00307. The van der Waals surface area contributed by atoms with Gasteiger partial charge < -0.3 is 23.8 Å². The molecule has 1 aliphatic carbocycles. The van der Waals surface area contributed by atoms with E-state index in [1.807, 2.05) is 25.7 Å². The molecule has 1 amide bonds. The van der Waals surface area contributed by atoms with Crippen LogP contribution in [0.15, 0.2) is 29.4 Å². The molecule has 2 bridgehead atoms. The molecule has 1 aromatic heterocycles. The van der Waals surface area contributed by atoms with Crippen molar-refractivity contribution in [3.63, 3.8) is 0 Å². The second-order valence-electron chi connectivity index (χ2n) is 10.9. The third-order valence-electron chi connectivity index (χ3n) is 6.92. The highest BCUT2D eigenvalue weighted by Gasteiger charge is 2.46. The summed E-state index contributed by atoms with van der Waals surface area (Å²) in [5, 5.41) is -0.443. The summed E-state index contributed by atoms with van der Waals surface area (Å²) < 4.78 is 62.6. The number of hydrogen-bond donors (Lipinski definition) is 0. The zero-order valence-electron chi connectivity index (χ0n) is 21.8. The minimum atomic E-state index is -3.53. The third-order valence-corrected chi connectivity index (χ3v) is 9.18. The van der Waals surface area contributed by atoms with Gasteiger partial charge in [-0.3, -0.25) is 0 Å². The van der Waals surface area contributed by atoms with Gasteiger partial charge in [0.2, 0.25) is 5.75 Å². The van der Waals surface area contributed by atoms with Crippen LogP contribution in [0.1, 0.15) is 59.3 Å². The highest BCUT2D eigenvalue weighted by molar-refractivity contribution is 7.92. The van der Waals surface area contributed by atoms with Gasteiger partial charge in [-0.1, -0.05) is 0 Å². The SMILES string of the molecule is COc1c(Oc2ccc(S(=O)(=O)C3CC3)cc2F)ncnc1OC1CC2CC[C@@H](C1)N2C(=O)OC(C)(C)C. The maximum atomic E-state index is 14.8. The van der Waals surface area contributed by atoms with Crippen molar-refractivity contribution in [3.8, 4) is 23.3 Å². The van der Waals surface area contributed by atoms with Crippen molar-refractivity contribution in [2.75, 3.05) is 7.11 Å². The maximum Gasteiger partial charge on any atom is 0.410 e. The number of amides is 1. The van der Waals surface area contributed by atoms with Crippen LogP contribution in [0.3, 0.4) is 0 Å². The smallest absolute Gasteiger partial charge is 0.410 e. The molecule has 10 nitrogen and oxygen atoms in total. The molecule has 2 aromatic rings. The average molecular weight is 550 g/mol. The van der Waals surface area contributed by atoms with Crippen LogP contribution in [0.25, 0.3) is 0 Å². The van der Waals surface area contributed by atoms with Crippen molar-refractivity contribution in [1.82, 2.24) is 14.9 Å². The summed E-state index contributed by atoms with van der Waals surface area (Å²) in [6, 6.07) is 3.54. The summed E-state index contributed by atoms with van der Waals surface area (Å²) in [7, 11) is -2.14. The number of benzene rings is 1. The molecule has 3 aliphatic rings. The molecular weight excluding hydrogens is 517 g/mol. The molecule has 2 aliphatic heterocycles. The molecule has 0 spiro atoms. The summed E-state index contributed by atoms with van der Waals surface area (Å²) in [6.07, 6.45) is 4.80. The summed E-state index contributed by atoms with van der Waals surface area (Å²) in [5.41, 5.74) is -0.570. The van der Waals surface area contributed by atoms with Crippen molar-refractivity contribution in [3.05, 3.63) is 30.3 Å². The first-order valence-corrected chi connectivity index (χ1v) is 14.3. The van der Waals surface area contributed by atoms with Crippen LogP contribution >= 0.6 is 0 Å². The molecular formula is C26H32FN3O7S. The van der Waals surface area contributed by atoms with E-state index >= 15 is 0 Å². The molecule has 12 heteroatoms. The van der Waals surface area contributed by atoms with Gasteiger partial charge in [-0.2, -0.15) is 9.97 Å². The lowest BCUT2D eigenvalue weighted by Gasteiger charge is -2.39. The van der Waals surface area contributed by atoms with Gasteiger partial charge in [0, 0.05) is 24.9 Å². The molecule has 38 heavy (non-hydrogen) atoms. The Kier molecular flexibility index (Phi) is 6.87. The zero-order chi connectivity index (χ0) is 27.2. The number of carbonyl (C=O) groups is 1. The highest BCUT2D eigenvalue weighted by Crippen LogP contribution is 2.42. The molecule has 206 valence electrons. The molecule has 3 heterocycles. The number of halogens is 1. The molecule has 2 saturated heterocycles. The normalized spacial score (nSPS) is 23.2. The second kappa shape index (κ2) is 9.87. The predicted octanol–water partition coefficient (Wildman–Crippen LogP) is 4.66. The van der Waals surface area contributed by atoms with Gasteiger partial charge in [0.25, 0.3) is 11.8 Å². The van der Waals surface area contributed by atoms with Crippen LogP contribution in [-0.2, 0) is 14.6 Å². The van der Waals surface area contributed by atoms with Crippen LogP contribution < -0.4 is 14.2 Å². The van der Waals surface area contributed by atoms with Gasteiger partial charge in [0.15, 0.2) is 21.4 Å². The topological polar surface area (TPSA) is 117 Å². The molecule has 2 unspecified atom stereocenters. The standard InChI is InChI=1S/C26H32FN3O7S/c1-26(2,3)37-25(31)30-15-5-6-16(30)12-17(11-15)35-23-22(34-4)24(29-14-28-23)36-21-10-9-19(13-20(21)27)38(32,33)18-7-8-18/h9-10,13-18H,5-8,11-12H2,1-4H3/t15-,16?,17?/m0/s1. The van der Waals surface area contributed by atoms with E-state index in [1.54, 1.807) is 0 Å². The summed E-state index contributed by atoms with van der Waals surface area (Å²) in [4.78, 5) is 22.8. The number of piperidine rings is 1. The molecule has 3 atom stereocenters.